The molecule has 2 unspecified atom stereocenters. The SMILES string of the molecule is COC(=O)c1cc(Cl)ccc1NC(=O)C1CC1C(=O)O. The van der Waals surface area contributed by atoms with Crippen LogP contribution in [-0.4, -0.2) is 30.1 Å². The number of esters is 1. The molecule has 7 heteroatoms. The number of hydrogen-bond acceptors (Lipinski definition) is 4. The third-order valence-electron chi connectivity index (χ3n) is 3.09. The lowest BCUT2D eigenvalue weighted by Crippen LogP contribution is -2.19. The lowest BCUT2D eigenvalue weighted by Gasteiger charge is -2.10. The summed E-state index contributed by atoms with van der Waals surface area (Å²) in [6.07, 6.45) is 0.308. The summed E-state index contributed by atoms with van der Waals surface area (Å²) in [4.78, 5) is 34.2. The molecule has 2 rings (SSSR count). The molecule has 1 aliphatic rings. The summed E-state index contributed by atoms with van der Waals surface area (Å²) in [6.45, 7) is 0. The highest BCUT2D eigenvalue weighted by Gasteiger charge is 2.48. The number of aliphatic carboxylic acids is 1. The van der Waals surface area contributed by atoms with Crippen LogP contribution in [0.2, 0.25) is 5.02 Å². The van der Waals surface area contributed by atoms with Crippen molar-refractivity contribution < 1.29 is 24.2 Å². The minimum absolute atomic E-state index is 0.126. The molecule has 1 aromatic carbocycles. The van der Waals surface area contributed by atoms with E-state index in [1.165, 1.54) is 25.3 Å². The number of methoxy groups -OCH3 is 1. The van der Waals surface area contributed by atoms with Crippen LogP contribution in [-0.2, 0) is 14.3 Å². The Kier molecular flexibility index (Phi) is 3.94. The Balaban J connectivity index is 2.15. The van der Waals surface area contributed by atoms with E-state index in [0.717, 1.165) is 0 Å². The Morgan fingerprint density at radius 3 is 2.60 bits per heavy atom. The van der Waals surface area contributed by atoms with Gasteiger partial charge in [-0.25, -0.2) is 4.79 Å². The molecular formula is C13H12ClNO5. The minimum atomic E-state index is -0.991. The van der Waals surface area contributed by atoms with Crippen molar-refractivity contribution in [2.75, 3.05) is 12.4 Å². The molecule has 0 radical (unpaired) electrons. The number of ether oxygens (including phenoxy) is 1. The molecule has 20 heavy (non-hydrogen) atoms. The minimum Gasteiger partial charge on any atom is -0.481 e. The highest BCUT2D eigenvalue weighted by atomic mass is 35.5. The van der Waals surface area contributed by atoms with Crippen LogP contribution < -0.4 is 5.32 Å². The number of hydrogen-bond donors (Lipinski definition) is 2. The van der Waals surface area contributed by atoms with Gasteiger partial charge in [-0.15, -0.1) is 0 Å². The average molecular weight is 298 g/mol. The van der Waals surface area contributed by atoms with Gasteiger partial charge in [-0.05, 0) is 24.6 Å². The van der Waals surface area contributed by atoms with Gasteiger partial charge in [0.05, 0.1) is 30.2 Å². The van der Waals surface area contributed by atoms with Crippen LogP contribution in [0.1, 0.15) is 16.8 Å². The van der Waals surface area contributed by atoms with E-state index in [1.807, 2.05) is 0 Å². The predicted molar refractivity (Wildman–Crippen MR) is 70.7 cm³/mol. The summed E-state index contributed by atoms with van der Waals surface area (Å²) < 4.78 is 4.61. The van der Waals surface area contributed by atoms with E-state index < -0.39 is 29.7 Å². The maximum atomic E-state index is 11.9. The number of carboxylic acids is 1. The van der Waals surface area contributed by atoms with Crippen molar-refractivity contribution in [3.05, 3.63) is 28.8 Å². The summed E-state index contributed by atoms with van der Waals surface area (Å²) in [5.41, 5.74) is 0.378. The molecule has 0 spiro atoms. The first-order valence-electron chi connectivity index (χ1n) is 5.85. The third-order valence-corrected chi connectivity index (χ3v) is 3.32. The smallest absolute Gasteiger partial charge is 0.340 e. The fourth-order valence-corrected chi connectivity index (χ4v) is 2.06. The molecule has 6 nitrogen and oxygen atoms in total. The van der Waals surface area contributed by atoms with Crippen molar-refractivity contribution in [1.29, 1.82) is 0 Å². The number of anilines is 1. The molecule has 2 N–H and O–H groups in total. The molecule has 1 aromatic rings. The van der Waals surface area contributed by atoms with E-state index in [0.29, 0.717) is 11.4 Å². The van der Waals surface area contributed by atoms with Crippen molar-refractivity contribution in [2.45, 2.75) is 6.42 Å². The molecule has 0 aromatic heterocycles. The molecule has 2 atom stereocenters. The second-order valence-corrected chi connectivity index (χ2v) is 4.89. The first kappa shape index (κ1) is 14.3. The second-order valence-electron chi connectivity index (χ2n) is 4.46. The van der Waals surface area contributed by atoms with Gasteiger partial charge in [0.1, 0.15) is 0 Å². The third kappa shape index (κ3) is 2.91. The number of carbonyl (C=O) groups is 3. The summed E-state index contributed by atoms with van der Waals surface area (Å²) >= 11 is 5.80. The number of carboxylic acid groups (broad SMARTS) is 1. The van der Waals surface area contributed by atoms with E-state index in [9.17, 15) is 14.4 Å². The quantitative estimate of drug-likeness (QED) is 0.826. The van der Waals surface area contributed by atoms with Crippen molar-refractivity contribution in [3.8, 4) is 0 Å². The Morgan fingerprint density at radius 2 is 2.05 bits per heavy atom. The molecule has 1 saturated carbocycles. The second kappa shape index (κ2) is 5.50. The van der Waals surface area contributed by atoms with Gasteiger partial charge >= 0.3 is 11.9 Å². The Labute approximate surface area is 119 Å². The van der Waals surface area contributed by atoms with E-state index in [4.69, 9.17) is 16.7 Å². The van der Waals surface area contributed by atoms with Crippen LogP contribution >= 0.6 is 11.6 Å². The van der Waals surface area contributed by atoms with Gasteiger partial charge in [-0.3, -0.25) is 9.59 Å². The molecule has 0 saturated heterocycles. The zero-order valence-corrected chi connectivity index (χ0v) is 11.3. The number of benzene rings is 1. The number of nitrogens with one attached hydrogen (secondary N) is 1. The summed E-state index contributed by atoms with van der Waals surface area (Å²) in [5, 5.41) is 11.7. The molecular weight excluding hydrogens is 286 g/mol. The van der Waals surface area contributed by atoms with E-state index in [1.54, 1.807) is 0 Å². The van der Waals surface area contributed by atoms with Crippen LogP contribution in [0.3, 0.4) is 0 Å². The molecule has 106 valence electrons. The molecule has 1 amide bonds. The number of carbonyl (C=O) groups excluding carboxylic acids is 2. The molecule has 0 heterocycles. The van der Waals surface area contributed by atoms with Gasteiger partial charge in [0.2, 0.25) is 5.91 Å². The fourth-order valence-electron chi connectivity index (χ4n) is 1.89. The maximum Gasteiger partial charge on any atom is 0.340 e. The van der Waals surface area contributed by atoms with Gasteiger partial charge in [0.25, 0.3) is 0 Å². The summed E-state index contributed by atoms with van der Waals surface area (Å²) in [5.74, 6) is -3.26. The van der Waals surface area contributed by atoms with Gasteiger partial charge in [0, 0.05) is 5.02 Å². The molecule has 0 bridgehead atoms. The van der Waals surface area contributed by atoms with E-state index in [2.05, 4.69) is 10.1 Å². The highest BCUT2D eigenvalue weighted by Crippen LogP contribution is 2.39. The fraction of sp³-hybridized carbons (Fsp3) is 0.308. The Morgan fingerprint density at radius 1 is 1.35 bits per heavy atom. The van der Waals surface area contributed by atoms with Crippen molar-refractivity contribution in [3.63, 3.8) is 0 Å². The first-order chi connectivity index (χ1) is 9.43. The zero-order valence-electron chi connectivity index (χ0n) is 10.6. The molecule has 1 aliphatic carbocycles. The lowest BCUT2D eigenvalue weighted by atomic mass is 10.1. The first-order valence-corrected chi connectivity index (χ1v) is 6.23. The van der Waals surface area contributed by atoms with Crippen LogP contribution in [0.25, 0.3) is 0 Å². The van der Waals surface area contributed by atoms with Gasteiger partial charge in [0.15, 0.2) is 0 Å². The zero-order chi connectivity index (χ0) is 14.9. The number of halogens is 1. The highest BCUT2D eigenvalue weighted by molar-refractivity contribution is 6.31. The van der Waals surface area contributed by atoms with Gasteiger partial charge < -0.3 is 15.2 Å². The molecule has 0 aliphatic heterocycles. The Bertz CT molecular complexity index is 586. The monoisotopic (exact) mass is 297 g/mol. The molecule has 1 fully saturated rings. The Hall–Kier alpha value is -2.08. The van der Waals surface area contributed by atoms with Crippen molar-refractivity contribution in [1.82, 2.24) is 0 Å². The van der Waals surface area contributed by atoms with Crippen LogP contribution in [0.15, 0.2) is 18.2 Å². The standard InChI is InChI=1S/C13H12ClNO5/c1-20-13(19)9-4-6(14)2-3-10(9)15-11(16)7-5-8(7)12(17)18/h2-4,7-8H,5H2,1H3,(H,15,16)(H,17,18). The average Bonchev–Trinajstić information content (AvgIpc) is 3.20. The predicted octanol–water partition coefficient (Wildman–Crippen LogP) is 1.79. The van der Waals surface area contributed by atoms with Crippen LogP contribution in [0.4, 0.5) is 5.69 Å². The van der Waals surface area contributed by atoms with Crippen molar-refractivity contribution >= 4 is 35.1 Å². The van der Waals surface area contributed by atoms with E-state index >= 15 is 0 Å². The topological polar surface area (TPSA) is 92.7 Å². The largest absolute Gasteiger partial charge is 0.481 e. The van der Waals surface area contributed by atoms with Crippen LogP contribution in [0.5, 0.6) is 0 Å². The summed E-state index contributed by atoms with van der Waals surface area (Å²) in [6, 6.07) is 4.38. The maximum absolute atomic E-state index is 11.9. The van der Waals surface area contributed by atoms with Crippen LogP contribution in [0, 0.1) is 11.8 Å². The number of rotatable bonds is 4. The number of amides is 1. The van der Waals surface area contributed by atoms with E-state index in [-0.39, 0.29) is 11.3 Å². The lowest BCUT2D eigenvalue weighted by molar-refractivity contribution is -0.139. The van der Waals surface area contributed by atoms with Gasteiger partial charge in [-0.2, -0.15) is 0 Å². The van der Waals surface area contributed by atoms with Gasteiger partial charge in [-0.1, -0.05) is 11.6 Å². The van der Waals surface area contributed by atoms with Crippen molar-refractivity contribution in [2.24, 2.45) is 11.8 Å². The normalized spacial score (nSPS) is 20.1. The summed E-state index contributed by atoms with van der Waals surface area (Å²) in [7, 11) is 1.22.